The van der Waals surface area contributed by atoms with Gasteiger partial charge in [-0.2, -0.15) is 5.26 Å². The fourth-order valence-electron chi connectivity index (χ4n) is 2.72. The van der Waals surface area contributed by atoms with Crippen molar-refractivity contribution in [1.82, 2.24) is 9.80 Å². The van der Waals surface area contributed by atoms with E-state index in [1.54, 1.807) is 4.90 Å². The number of hydrogen-bond acceptors (Lipinski definition) is 4. The van der Waals surface area contributed by atoms with Crippen LogP contribution in [0.15, 0.2) is 30.3 Å². The largest absolute Gasteiger partial charge is 0.445 e. The summed E-state index contributed by atoms with van der Waals surface area (Å²) >= 11 is 0. The van der Waals surface area contributed by atoms with Crippen molar-refractivity contribution in [2.75, 3.05) is 26.2 Å². The second kappa shape index (κ2) is 8.40. The van der Waals surface area contributed by atoms with Crippen LogP contribution >= 0.6 is 0 Å². The van der Waals surface area contributed by atoms with Gasteiger partial charge in [0.15, 0.2) is 0 Å². The van der Waals surface area contributed by atoms with Crippen molar-refractivity contribution in [3.8, 4) is 6.07 Å². The van der Waals surface area contributed by atoms with E-state index in [0.717, 1.165) is 25.1 Å². The lowest BCUT2D eigenvalue weighted by atomic mass is 10.1. The van der Waals surface area contributed by atoms with Gasteiger partial charge in [0.05, 0.1) is 12.5 Å². The number of ether oxygens (including phenoxy) is 1. The van der Waals surface area contributed by atoms with Crippen molar-refractivity contribution in [3.05, 3.63) is 35.9 Å². The maximum absolute atomic E-state index is 12.1. The highest BCUT2D eigenvalue weighted by atomic mass is 16.6. The van der Waals surface area contributed by atoms with Gasteiger partial charge in [0.1, 0.15) is 6.61 Å². The standard InChI is InChI=1S/C17H23N3O2/c1-2-16(8-9-18)19-10-12-20(13-11-19)17(21)22-14-15-6-4-3-5-7-15/h3-7,16H,2,8,10-14H2,1H3. The first-order valence-corrected chi connectivity index (χ1v) is 7.81. The van der Waals surface area contributed by atoms with Gasteiger partial charge in [-0.1, -0.05) is 37.3 Å². The van der Waals surface area contributed by atoms with Crippen LogP contribution in [0.25, 0.3) is 0 Å². The number of piperazine rings is 1. The van der Waals surface area contributed by atoms with Crippen LogP contribution in [0.2, 0.25) is 0 Å². The molecule has 0 bridgehead atoms. The number of rotatable bonds is 5. The molecule has 118 valence electrons. The van der Waals surface area contributed by atoms with Gasteiger partial charge in [0.2, 0.25) is 0 Å². The van der Waals surface area contributed by atoms with Crippen LogP contribution in [0.4, 0.5) is 4.79 Å². The Hall–Kier alpha value is -2.06. The average Bonchev–Trinajstić information content (AvgIpc) is 2.58. The molecule has 0 spiro atoms. The average molecular weight is 301 g/mol. The second-order valence-electron chi connectivity index (χ2n) is 5.49. The highest BCUT2D eigenvalue weighted by Crippen LogP contribution is 2.13. The Labute approximate surface area is 132 Å². The van der Waals surface area contributed by atoms with E-state index in [-0.39, 0.29) is 6.09 Å². The van der Waals surface area contributed by atoms with Gasteiger partial charge < -0.3 is 9.64 Å². The van der Waals surface area contributed by atoms with Crippen LogP contribution in [0, 0.1) is 11.3 Å². The number of carbonyl (C=O) groups excluding carboxylic acids is 1. The van der Waals surface area contributed by atoms with Gasteiger partial charge in [-0.05, 0) is 12.0 Å². The van der Waals surface area contributed by atoms with Crippen molar-refractivity contribution in [2.45, 2.75) is 32.4 Å². The summed E-state index contributed by atoms with van der Waals surface area (Å²) in [5.41, 5.74) is 0.995. The topological polar surface area (TPSA) is 56.6 Å². The van der Waals surface area contributed by atoms with Gasteiger partial charge in [-0.15, -0.1) is 0 Å². The van der Waals surface area contributed by atoms with Crippen molar-refractivity contribution in [1.29, 1.82) is 5.26 Å². The number of nitrogens with zero attached hydrogens (tertiary/aromatic N) is 3. The molecule has 0 N–H and O–H groups in total. The van der Waals surface area contributed by atoms with Gasteiger partial charge in [0.25, 0.3) is 0 Å². The molecule has 1 aromatic carbocycles. The molecule has 22 heavy (non-hydrogen) atoms. The molecule has 1 heterocycles. The normalized spacial score (nSPS) is 16.8. The van der Waals surface area contributed by atoms with Gasteiger partial charge >= 0.3 is 6.09 Å². The highest BCUT2D eigenvalue weighted by Gasteiger charge is 2.25. The zero-order valence-corrected chi connectivity index (χ0v) is 13.1. The van der Waals surface area contributed by atoms with Crippen LogP contribution in [0.5, 0.6) is 0 Å². The summed E-state index contributed by atoms with van der Waals surface area (Å²) in [7, 11) is 0. The van der Waals surface area contributed by atoms with Gasteiger partial charge in [-0.25, -0.2) is 4.79 Å². The Bertz CT molecular complexity index is 504. The zero-order chi connectivity index (χ0) is 15.8. The Morgan fingerprint density at radius 3 is 2.55 bits per heavy atom. The van der Waals surface area contributed by atoms with E-state index in [0.29, 0.717) is 32.2 Å². The predicted octanol–water partition coefficient (Wildman–Crippen LogP) is 2.63. The molecule has 5 nitrogen and oxygen atoms in total. The molecule has 0 saturated carbocycles. The number of hydrogen-bond donors (Lipinski definition) is 0. The van der Waals surface area contributed by atoms with E-state index in [9.17, 15) is 4.79 Å². The maximum Gasteiger partial charge on any atom is 0.410 e. The Balaban J connectivity index is 1.76. The summed E-state index contributed by atoms with van der Waals surface area (Å²) in [6.45, 7) is 5.35. The fraction of sp³-hybridized carbons (Fsp3) is 0.529. The molecule has 1 aliphatic heterocycles. The SMILES string of the molecule is CCC(CC#N)N1CCN(C(=O)OCc2ccccc2)CC1. The Morgan fingerprint density at radius 2 is 1.95 bits per heavy atom. The molecule has 0 aromatic heterocycles. The zero-order valence-electron chi connectivity index (χ0n) is 13.1. The van der Waals surface area contributed by atoms with Gasteiger partial charge in [0, 0.05) is 32.2 Å². The molecule has 5 heteroatoms. The van der Waals surface area contributed by atoms with Gasteiger partial charge in [-0.3, -0.25) is 4.90 Å². The molecular weight excluding hydrogens is 278 g/mol. The van der Waals surface area contributed by atoms with Crippen LogP contribution < -0.4 is 0 Å². The monoisotopic (exact) mass is 301 g/mol. The van der Waals surface area contributed by atoms with Crippen LogP contribution in [-0.4, -0.2) is 48.1 Å². The van der Waals surface area contributed by atoms with Crippen molar-refractivity contribution in [3.63, 3.8) is 0 Å². The van der Waals surface area contributed by atoms with E-state index >= 15 is 0 Å². The molecule has 1 saturated heterocycles. The smallest absolute Gasteiger partial charge is 0.410 e. The minimum absolute atomic E-state index is 0.253. The second-order valence-corrected chi connectivity index (χ2v) is 5.49. The summed E-state index contributed by atoms with van der Waals surface area (Å²) in [5.74, 6) is 0. The first kappa shape index (κ1) is 16.3. The molecule has 1 unspecified atom stereocenters. The van der Waals surface area contributed by atoms with Crippen molar-refractivity contribution < 1.29 is 9.53 Å². The van der Waals surface area contributed by atoms with Crippen molar-refractivity contribution in [2.24, 2.45) is 0 Å². The van der Waals surface area contributed by atoms with Crippen molar-refractivity contribution >= 4 is 6.09 Å². The van der Waals surface area contributed by atoms with E-state index in [1.165, 1.54) is 0 Å². The van der Waals surface area contributed by atoms with E-state index < -0.39 is 0 Å². The summed E-state index contributed by atoms with van der Waals surface area (Å²) in [6.07, 6.45) is 1.26. The molecule has 1 aromatic rings. The first-order valence-electron chi connectivity index (χ1n) is 7.81. The fourth-order valence-corrected chi connectivity index (χ4v) is 2.72. The quantitative estimate of drug-likeness (QED) is 0.839. The number of benzene rings is 1. The summed E-state index contributed by atoms with van der Waals surface area (Å²) in [5, 5.41) is 8.86. The lowest BCUT2D eigenvalue weighted by molar-refractivity contribution is 0.0596. The molecule has 1 atom stereocenters. The third-order valence-corrected chi connectivity index (χ3v) is 4.09. The molecule has 1 amide bonds. The molecule has 0 aliphatic carbocycles. The van der Waals surface area contributed by atoms with Crippen LogP contribution in [0.1, 0.15) is 25.3 Å². The number of amides is 1. The van der Waals surface area contributed by atoms with E-state index in [1.807, 2.05) is 30.3 Å². The third-order valence-electron chi connectivity index (χ3n) is 4.09. The summed E-state index contributed by atoms with van der Waals surface area (Å²) < 4.78 is 5.35. The molecular formula is C17H23N3O2. The molecule has 0 radical (unpaired) electrons. The highest BCUT2D eigenvalue weighted by molar-refractivity contribution is 5.67. The maximum atomic E-state index is 12.1. The first-order chi connectivity index (χ1) is 10.7. The lowest BCUT2D eigenvalue weighted by Crippen LogP contribution is -2.51. The lowest BCUT2D eigenvalue weighted by Gasteiger charge is -2.37. The van der Waals surface area contributed by atoms with Crippen LogP contribution in [0.3, 0.4) is 0 Å². The van der Waals surface area contributed by atoms with E-state index in [2.05, 4.69) is 17.9 Å². The minimum Gasteiger partial charge on any atom is -0.445 e. The third kappa shape index (κ3) is 4.47. The Kier molecular flexibility index (Phi) is 6.23. The van der Waals surface area contributed by atoms with Crippen LogP contribution in [-0.2, 0) is 11.3 Å². The molecule has 1 fully saturated rings. The predicted molar refractivity (Wildman–Crippen MR) is 84.1 cm³/mol. The number of carbonyl (C=O) groups is 1. The minimum atomic E-state index is -0.253. The summed E-state index contributed by atoms with van der Waals surface area (Å²) in [6, 6.07) is 12.2. The van der Waals surface area contributed by atoms with E-state index in [4.69, 9.17) is 10.00 Å². The number of nitriles is 1. The summed E-state index contributed by atoms with van der Waals surface area (Å²) in [4.78, 5) is 16.1. The molecule has 2 rings (SSSR count). The molecule has 1 aliphatic rings. The Morgan fingerprint density at radius 1 is 1.27 bits per heavy atom.